The van der Waals surface area contributed by atoms with Crippen molar-refractivity contribution in [3.8, 4) is 5.75 Å². The van der Waals surface area contributed by atoms with Crippen molar-refractivity contribution in [1.82, 2.24) is 10.6 Å². The van der Waals surface area contributed by atoms with Crippen molar-refractivity contribution in [2.24, 2.45) is 5.92 Å². The molecule has 2 aromatic rings. The second-order valence-corrected chi connectivity index (χ2v) is 12.8. The third-order valence-electron chi connectivity index (χ3n) is 9.85. The van der Waals surface area contributed by atoms with Gasteiger partial charge in [-0.2, -0.15) is 0 Å². The monoisotopic (exact) mass is 579 g/mol. The molecule has 41 heavy (non-hydrogen) atoms. The lowest BCUT2D eigenvalue weighted by Gasteiger charge is -2.63. The van der Waals surface area contributed by atoms with Crippen LogP contribution < -0.4 is 20.7 Å². The second kappa shape index (κ2) is 11.7. The van der Waals surface area contributed by atoms with E-state index in [1.165, 1.54) is 49.4 Å². The van der Waals surface area contributed by atoms with Crippen LogP contribution in [0, 0.1) is 11.7 Å². The van der Waals surface area contributed by atoms with E-state index < -0.39 is 5.82 Å². The van der Waals surface area contributed by atoms with Crippen molar-refractivity contribution in [1.29, 1.82) is 0 Å². The molecular formula is C33H39ClFN3O3. The Hall–Kier alpha value is -3.06. The Labute approximate surface area is 246 Å². The molecule has 3 aliphatic carbocycles. The van der Waals surface area contributed by atoms with Crippen LogP contribution in [0.15, 0.2) is 54.6 Å². The zero-order valence-electron chi connectivity index (χ0n) is 23.4. The minimum Gasteiger partial charge on any atom is -0.484 e. The molecule has 2 amide bonds. The molecule has 2 saturated carbocycles. The fraction of sp³-hybridized carbons (Fsp3) is 0.515. The van der Waals surface area contributed by atoms with E-state index in [1.807, 2.05) is 6.07 Å². The summed E-state index contributed by atoms with van der Waals surface area (Å²) in [6.07, 6.45) is 16.2. The second-order valence-electron chi connectivity index (χ2n) is 12.4. The van der Waals surface area contributed by atoms with E-state index in [4.69, 9.17) is 16.3 Å². The Kier molecular flexibility index (Phi) is 7.99. The van der Waals surface area contributed by atoms with Gasteiger partial charge in [-0.05, 0) is 75.1 Å². The molecule has 1 aliphatic heterocycles. The largest absolute Gasteiger partial charge is 0.484 e. The van der Waals surface area contributed by atoms with Gasteiger partial charge in [-0.25, -0.2) is 4.39 Å². The summed E-state index contributed by atoms with van der Waals surface area (Å²) in [5.41, 5.74) is 2.12. The van der Waals surface area contributed by atoms with Crippen LogP contribution in [0.5, 0.6) is 5.75 Å². The third kappa shape index (κ3) is 5.70. The van der Waals surface area contributed by atoms with E-state index in [0.29, 0.717) is 6.42 Å². The predicted octanol–water partition coefficient (Wildman–Crippen LogP) is 6.43. The quantitative estimate of drug-likeness (QED) is 0.344. The molecule has 1 spiro atoms. The predicted molar refractivity (Wildman–Crippen MR) is 159 cm³/mol. The average Bonchev–Trinajstić information content (AvgIpc) is 2.96. The van der Waals surface area contributed by atoms with Crippen LogP contribution >= 0.6 is 11.6 Å². The van der Waals surface area contributed by atoms with E-state index in [2.05, 4.69) is 46.3 Å². The lowest BCUT2D eigenvalue weighted by molar-refractivity contribution is -0.138. The van der Waals surface area contributed by atoms with Gasteiger partial charge in [-0.1, -0.05) is 61.2 Å². The number of fused-ring (bicyclic) bond motifs is 3. The first-order valence-electron chi connectivity index (χ1n) is 15.1. The van der Waals surface area contributed by atoms with Gasteiger partial charge in [0.1, 0.15) is 17.6 Å². The summed E-state index contributed by atoms with van der Waals surface area (Å²) < 4.78 is 19.1. The van der Waals surface area contributed by atoms with Crippen LogP contribution in [0.3, 0.4) is 0 Å². The highest BCUT2D eigenvalue weighted by Crippen LogP contribution is 2.54. The number of hydrogen-bond donors (Lipinski definition) is 3. The number of carbonyl (C=O) groups excluding carboxylic acids is 2. The topological polar surface area (TPSA) is 79.5 Å². The molecule has 3 N–H and O–H groups in total. The Morgan fingerprint density at radius 1 is 1.05 bits per heavy atom. The van der Waals surface area contributed by atoms with E-state index in [9.17, 15) is 14.0 Å². The third-order valence-corrected chi connectivity index (χ3v) is 10.2. The molecular weight excluding hydrogens is 541 g/mol. The fourth-order valence-corrected chi connectivity index (χ4v) is 7.65. The van der Waals surface area contributed by atoms with E-state index in [1.54, 1.807) is 0 Å². The number of anilines is 1. The number of allylic oxidation sites excluding steroid dienone is 2. The SMILES string of the molecule is O=C(COc1ccc(Cl)c(F)c1)NC1CC2(NC(=O)C3CC4(C/C=C\CCCCCC4)c4ccccc4N3)CCC12. The standard InChI is InChI=1S/C33H39ClFN3O3/c34-25-13-12-22(18-26(25)35)41-21-30(39)37-28-20-33(17-14-24(28)33)38-31(40)29-19-32(23-10-6-7-11-27(23)36-29)15-8-4-2-1-3-5-9-16-32/h4,6-8,10-13,18,24,28-29,36H,1-3,5,9,14-17,19-21H2,(H,37,39)(H,38,40)/b8-4-. The smallest absolute Gasteiger partial charge is 0.258 e. The first-order chi connectivity index (χ1) is 19.9. The fourth-order valence-electron chi connectivity index (χ4n) is 7.53. The van der Waals surface area contributed by atoms with Gasteiger partial charge in [-0.15, -0.1) is 0 Å². The van der Waals surface area contributed by atoms with Crippen molar-refractivity contribution in [3.63, 3.8) is 0 Å². The molecule has 5 atom stereocenters. The van der Waals surface area contributed by atoms with Gasteiger partial charge in [-0.3, -0.25) is 9.59 Å². The lowest BCUT2D eigenvalue weighted by Crippen LogP contribution is -2.76. The molecule has 0 aromatic heterocycles. The minimum atomic E-state index is -0.586. The van der Waals surface area contributed by atoms with Crippen LogP contribution in [0.4, 0.5) is 10.1 Å². The maximum atomic E-state index is 13.8. The number of nitrogens with one attached hydrogen (secondary N) is 3. The minimum absolute atomic E-state index is 0.00286. The van der Waals surface area contributed by atoms with E-state index in [-0.39, 0.29) is 58.1 Å². The molecule has 1 heterocycles. The molecule has 0 bridgehead atoms. The molecule has 2 aromatic carbocycles. The summed E-state index contributed by atoms with van der Waals surface area (Å²) in [4.78, 5) is 26.3. The Morgan fingerprint density at radius 2 is 1.90 bits per heavy atom. The van der Waals surface area contributed by atoms with Gasteiger partial charge < -0.3 is 20.7 Å². The average molecular weight is 580 g/mol. The van der Waals surface area contributed by atoms with Gasteiger partial charge >= 0.3 is 0 Å². The molecule has 0 saturated heterocycles. The van der Waals surface area contributed by atoms with Crippen LogP contribution in [-0.2, 0) is 15.0 Å². The van der Waals surface area contributed by atoms with Gasteiger partial charge in [0.2, 0.25) is 5.91 Å². The van der Waals surface area contributed by atoms with Crippen LogP contribution in [0.2, 0.25) is 5.02 Å². The van der Waals surface area contributed by atoms with Gasteiger partial charge in [0.05, 0.1) is 5.02 Å². The molecule has 8 heteroatoms. The van der Waals surface area contributed by atoms with Crippen molar-refractivity contribution < 1.29 is 18.7 Å². The van der Waals surface area contributed by atoms with Gasteiger partial charge in [0.15, 0.2) is 6.61 Å². The number of halogens is 2. The molecule has 218 valence electrons. The summed E-state index contributed by atoms with van der Waals surface area (Å²) in [5, 5.41) is 10.0. The highest BCUT2D eigenvalue weighted by Gasteiger charge is 2.61. The molecule has 6 rings (SSSR count). The molecule has 6 nitrogen and oxygen atoms in total. The zero-order chi connectivity index (χ0) is 28.5. The first kappa shape index (κ1) is 28.1. The number of benzene rings is 2. The maximum absolute atomic E-state index is 13.8. The van der Waals surface area contributed by atoms with Gasteiger partial charge in [0.25, 0.3) is 5.91 Å². The van der Waals surface area contributed by atoms with E-state index >= 15 is 0 Å². The Balaban J connectivity index is 1.07. The summed E-state index contributed by atoms with van der Waals surface area (Å²) in [6, 6.07) is 12.3. The summed E-state index contributed by atoms with van der Waals surface area (Å²) in [5.74, 6) is -0.315. The number of ether oxygens (including phenoxy) is 1. The Bertz CT molecular complexity index is 1330. The molecule has 5 unspecified atom stereocenters. The van der Waals surface area contributed by atoms with Crippen LogP contribution in [0.1, 0.15) is 76.2 Å². The Morgan fingerprint density at radius 3 is 2.71 bits per heavy atom. The number of amides is 2. The molecule has 4 aliphatic rings. The summed E-state index contributed by atoms with van der Waals surface area (Å²) in [6.45, 7) is -0.203. The molecule has 2 fully saturated rings. The van der Waals surface area contributed by atoms with Crippen molar-refractivity contribution in [2.75, 3.05) is 11.9 Å². The summed E-state index contributed by atoms with van der Waals surface area (Å²) >= 11 is 5.71. The van der Waals surface area contributed by atoms with Gasteiger partial charge in [0, 0.05) is 34.7 Å². The maximum Gasteiger partial charge on any atom is 0.258 e. The lowest BCUT2D eigenvalue weighted by atomic mass is 9.50. The van der Waals surface area contributed by atoms with Crippen molar-refractivity contribution >= 4 is 29.1 Å². The highest BCUT2D eigenvalue weighted by molar-refractivity contribution is 6.30. The number of rotatable bonds is 6. The van der Waals surface area contributed by atoms with Crippen molar-refractivity contribution in [3.05, 3.63) is 71.0 Å². The number of para-hydroxylation sites is 1. The van der Waals surface area contributed by atoms with Crippen molar-refractivity contribution in [2.45, 2.75) is 93.7 Å². The summed E-state index contributed by atoms with van der Waals surface area (Å²) in [7, 11) is 0. The highest BCUT2D eigenvalue weighted by atomic mass is 35.5. The van der Waals surface area contributed by atoms with E-state index in [0.717, 1.165) is 44.2 Å². The van der Waals surface area contributed by atoms with Crippen LogP contribution in [0.25, 0.3) is 0 Å². The van der Waals surface area contributed by atoms with Crippen LogP contribution in [-0.4, -0.2) is 36.0 Å². The number of carbonyl (C=O) groups is 2. The normalized spacial score (nSPS) is 31.2. The first-order valence-corrected chi connectivity index (χ1v) is 15.5. The molecule has 0 radical (unpaired) electrons. The number of hydrogen-bond acceptors (Lipinski definition) is 4. The zero-order valence-corrected chi connectivity index (χ0v) is 24.2.